The second kappa shape index (κ2) is 11.6. The van der Waals surface area contributed by atoms with Gasteiger partial charge in [-0.3, -0.25) is 0 Å². The van der Waals surface area contributed by atoms with Crippen LogP contribution in [0, 0.1) is 0 Å². The van der Waals surface area contributed by atoms with E-state index in [1.54, 1.807) is 13.3 Å². The number of hydrogen-bond acceptors (Lipinski definition) is 7. The van der Waals surface area contributed by atoms with Gasteiger partial charge in [0.2, 0.25) is 5.95 Å². The molecule has 0 bridgehead atoms. The molecule has 2 N–H and O–H groups in total. The van der Waals surface area contributed by atoms with Crippen LogP contribution in [0.1, 0.15) is 6.92 Å². The molecule has 0 aliphatic carbocycles. The van der Waals surface area contributed by atoms with Crippen molar-refractivity contribution in [3.05, 3.63) is 73.1 Å². The highest BCUT2D eigenvalue weighted by Gasteiger charge is 2.15. The first kappa shape index (κ1) is 25.1. The number of nitrogens with zero attached hydrogens (tertiary/aromatic N) is 5. The second-order valence-electron chi connectivity index (χ2n) is 8.85. The molecule has 4 aromatic rings. The first-order valence-electron chi connectivity index (χ1n) is 12.1. The van der Waals surface area contributed by atoms with Gasteiger partial charge in [-0.15, -0.1) is 0 Å². The number of allylic oxidation sites excluding steroid dienone is 1. The zero-order valence-electron chi connectivity index (χ0n) is 21.7. The van der Waals surface area contributed by atoms with Gasteiger partial charge in [0.25, 0.3) is 0 Å². The first-order valence-corrected chi connectivity index (χ1v) is 12.1. The Hall–Kier alpha value is -4.04. The molecule has 0 saturated carbocycles. The second-order valence-corrected chi connectivity index (χ2v) is 8.85. The number of para-hydroxylation sites is 1. The van der Waals surface area contributed by atoms with Crippen LogP contribution >= 0.6 is 0 Å². The van der Waals surface area contributed by atoms with Gasteiger partial charge in [-0.25, -0.2) is 4.98 Å². The summed E-state index contributed by atoms with van der Waals surface area (Å²) in [6, 6.07) is 16.4. The van der Waals surface area contributed by atoms with Crippen molar-refractivity contribution < 1.29 is 4.74 Å². The van der Waals surface area contributed by atoms with Crippen LogP contribution in [0.5, 0.6) is 5.75 Å². The van der Waals surface area contributed by atoms with Crippen LogP contribution in [0.4, 0.5) is 23.0 Å². The van der Waals surface area contributed by atoms with Gasteiger partial charge in [0.1, 0.15) is 11.6 Å². The molecule has 4 rings (SSSR count). The summed E-state index contributed by atoms with van der Waals surface area (Å²) in [6.07, 6.45) is 7.92. The maximum absolute atomic E-state index is 5.77. The third-order valence-electron chi connectivity index (χ3n) is 5.99. The normalized spacial score (nSPS) is 11.4. The van der Waals surface area contributed by atoms with Gasteiger partial charge < -0.3 is 29.7 Å². The van der Waals surface area contributed by atoms with Gasteiger partial charge in [-0.05, 0) is 50.7 Å². The highest BCUT2D eigenvalue weighted by Crippen LogP contribution is 2.37. The SMILES string of the molecule is C/C=C/CNc1cc(Nc2nccc(-n3ccc4ccccc43)n2)c(OC)cc1N(C)CCN(C)C. The van der Waals surface area contributed by atoms with Gasteiger partial charge in [0.15, 0.2) is 0 Å². The number of fused-ring (bicyclic) bond motifs is 1. The Morgan fingerprint density at radius 2 is 1.86 bits per heavy atom. The van der Waals surface area contributed by atoms with Crippen LogP contribution in [0.2, 0.25) is 0 Å². The third kappa shape index (κ3) is 5.78. The molecule has 2 aromatic carbocycles. The smallest absolute Gasteiger partial charge is 0.229 e. The van der Waals surface area contributed by atoms with Crippen LogP contribution in [0.15, 0.2) is 73.1 Å². The molecular weight excluding hydrogens is 450 g/mol. The van der Waals surface area contributed by atoms with E-state index < -0.39 is 0 Å². The molecule has 2 aromatic heterocycles. The lowest BCUT2D eigenvalue weighted by atomic mass is 10.2. The Morgan fingerprint density at radius 3 is 2.64 bits per heavy atom. The average molecular weight is 486 g/mol. The van der Waals surface area contributed by atoms with Gasteiger partial charge in [-0.1, -0.05) is 30.4 Å². The molecule has 0 amide bonds. The van der Waals surface area contributed by atoms with Crippen LogP contribution in [0.25, 0.3) is 16.7 Å². The molecule has 0 fully saturated rings. The van der Waals surface area contributed by atoms with E-state index in [0.717, 1.165) is 59.2 Å². The summed E-state index contributed by atoms with van der Waals surface area (Å²) in [5.41, 5.74) is 3.96. The number of methoxy groups -OCH3 is 1. The Balaban J connectivity index is 1.66. The van der Waals surface area contributed by atoms with Gasteiger partial charge in [0, 0.05) is 45.1 Å². The third-order valence-corrected chi connectivity index (χ3v) is 5.99. The molecule has 8 heteroatoms. The molecule has 8 nitrogen and oxygen atoms in total. The molecule has 0 saturated heterocycles. The lowest BCUT2D eigenvalue weighted by Gasteiger charge is -2.26. The van der Waals surface area contributed by atoms with E-state index in [1.807, 2.05) is 37.4 Å². The largest absolute Gasteiger partial charge is 0.494 e. The number of rotatable bonds is 11. The van der Waals surface area contributed by atoms with Crippen molar-refractivity contribution in [3.63, 3.8) is 0 Å². The van der Waals surface area contributed by atoms with E-state index >= 15 is 0 Å². The van der Waals surface area contributed by atoms with Gasteiger partial charge in [0.05, 0.1) is 29.7 Å². The van der Waals surface area contributed by atoms with E-state index in [1.165, 1.54) is 0 Å². The molecule has 188 valence electrons. The minimum Gasteiger partial charge on any atom is -0.494 e. The van der Waals surface area contributed by atoms with Crippen molar-refractivity contribution >= 4 is 33.9 Å². The lowest BCUT2D eigenvalue weighted by Crippen LogP contribution is -2.29. The summed E-state index contributed by atoms with van der Waals surface area (Å²) < 4.78 is 7.83. The number of anilines is 4. The molecule has 0 aliphatic heterocycles. The van der Waals surface area contributed by atoms with E-state index in [0.29, 0.717) is 5.95 Å². The van der Waals surface area contributed by atoms with Crippen molar-refractivity contribution in [2.75, 3.05) is 63.4 Å². The molecule has 0 aliphatic rings. The Bertz CT molecular complexity index is 1330. The summed E-state index contributed by atoms with van der Waals surface area (Å²) in [4.78, 5) is 13.7. The Morgan fingerprint density at radius 1 is 1.03 bits per heavy atom. The summed E-state index contributed by atoms with van der Waals surface area (Å²) in [7, 11) is 7.94. The summed E-state index contributed by atoms with van der Waals surface area (Å²) >= 11 is 0. The van der Waals surface area contributed by atoms with Gasteiger partial charge in [-0.2, -0.15) is 4.98 Å². The van der Waals surface area contributed by atoms with E-state index in [2.05, 4.69) is 87.5 Å². The monoisotopic (exact) mass is 485 g/mol. The number of nitrogens with one attached hydrogen (secondary N) is 2. The minimum atomic E-state index is 0.497. The summed E-state index contributed by atoms with van der Waals surface area (Å²) in [5.74, 6) is 2.01. The first-order chi connectivity index (χ1) is 17.5. The number of hydrogen-bond donors (Lipinski definition) is 2. The highest BCUT2D eigenvalue weighted by molar-refractivity contribution is 5.82. The van der Waals surface area contributed by atoms with Crippen LogP contribution < -0.4 is 20.3 Å². The molecule has 0 spiro atoms. The van der Waals surface area contributed by atoms with Crippen molar-refractivity contribution in [3.8, 4) is 11.6 Å². The number of likely N-dealkylation sites (N-methyl/N-ethyl adjacent to an activating group) is 2. The van der Waals surface area contributed by atoms with E-state index in [9.17, 15) is 0 Å². The predicted octanol–water partition coefficient (Wildman–Crippen LogP) is 5.16. The standard InChI is InChI=1S/C28H35N7O/c1-6-7-14-29-22-19-23(26(36-5)20-25(22)34(4)18-17-33(2)3)31-28-30-15-12-27(32-28)35-16-13-21-10-8-9-11-24(21)35/h6-13,15-16,19-20,29H,14,17-18H2,1-5H3,(H,30,31,32)/b7-6+. The van der Waals surface area contributed by atoms with Gasteiger partial charge >= 0.3 is 0 Å². The number of benzene rings is 2. The molecule has 0 unspecified atom stereocenters. The van der Waals surface area contributed by atoms with Crippen LogP contribution in [0.3, 0.4) is 0 Å². The highest BCUT2D eigenvalue weighted by atomic mass is 16.5. The Labute approximate surface area is 213 Å². The van der Waals surface area contributed by atoms with Crippen molar-refractivity contribution in [1.82, 2.24) is 19.4 Å². The van der Waals surface area contributed by atoms with E-state index in [-0.39, 0.29) is 0 Å². The van der Waals surface area contributed by atoms with Crippen molar-refractivity contribution in [2.45, 2.75) is 6.92 Å². The fourth-order valence-electron chi connectivity index (χ4n) is 4.00. The predicted molar refractivity (Wildman–Crippen MR) is 150 cm³/mol. The quantitative estimate of drug-likeness (QED) is 0.284. The fraction of sp³-hybridized carbons (Fsp3) is 0.286. The molecular formula is C28H35N7O. The Kier molecular flexibility index (Phi) is 8.07. The number of ether oxygens (including phenoxy) is 1. The fourth-order valence-corrected chi connectivity index (χ4v) is 4.00. The zero-order valence-corrected chi connectivity index (χ0v) is 21.7. The van der Waals surface area contributed by atoms with Crippen LogP contribution in [-0.2, 0) is 0 Å². The molecule has 36 heavy (non-hydrogen) atoms. The maximum Gasteiger partial charge on any atom is 0.229 e. The summed E-state index contributed by atoms with van der Waals surface area (Å²) in [5, 5.41) is 8.07. The summed E-state index contributed by atoms with van der Waals surface area (Å²) in [6.45, 7) is 4.58. The maximum atomic E-state index is 5.77. The molecule has 0 radical (unpaired) electrons. The number of aromatic nitrogens is 3. The van der Waals surface area contributed by atoms with Crippen molar-refractivity contribution in [1.29, 1.82) is 0 Å². The van der Waals surface area contributed by atoms with Crippen LogP contribution in [-0.4, -0.2) is 67.3 Å². The average Bonchev–Trinajstić information content (AvgIpc) is 3.32. The molecule has 0 atom stereocenters. The minimum absolute atomic E-state index is 0.497. The van der Waals surface area contributed by atoms with Crippen molar-refractivity contribution in [2.24, 2.45) is 0 Å². The molecule has 2 heterocycles. The zero-order chi connectivity index (χ0) is 25.5. The lowest BCUT2D eigenvalue weighted by molar-refractivity contribution is 0.413. The van der Waals surface area contributed by atoms with E-state index in [4.69, 9.17) is 9.72 Å². The topological polar surface area (TPSA) is 70.5 Å².